The number of hydrogen-bond acceptors (Lipinski definition) is 2. The van der Waals surface area contributed by atoms with Crippen LogP contribution in [0.25, 0.3) is 11.0 Å². The van der Waals surface area contributed by atoms with E-state index >= 15 is 0 Å². The number of amides is 1. The third kappa shape index (κ3) is 4.47. The zero-order valence-corrected chi connectivity index (χ0v) is 14.7. The predicted octanol–water partition coefficient (Wildman–Crippen LogP) is 3.74. The fraction of sp³-hybridized carbons (Fsp3) is 0.333. The number of aromatic nitrogens is 2. The maximum absolute atomic E-state index is 12.1. The van der Waals surface area contributed by atoms with Crippen LogP contribution >= 0.6 is 0 Å². The van der Waals surface area contributed by atoms with Crippen LogP contribution in [0.4, 0.5) is 0 Å². The zero-order chi connectivity index (χ0) is 17.5. The van der Waals surface area contributed by atoms with Crippen LogP contribution in [0.15, 0.2) is 54.6 Å². The number of benzene rings is 2. The Balaban J connectivity index is 1.54. The molecule has 0 aliphatic heterocycles. The van der Waals surface area contributed by atoms with Crippen molar-refractivity contribution in [2.45, 2.75) is 39.2 Å². The summed E-state index contributed by atoms with van der Waals surface area (Å²) in [6.45, 7) is 3.75. The van der Waals surface area contributed by atoms with Crippen molar-refractivity contribution in [3.8, 4) is 0 Å². The summed E-state index contributed by atoms with van der Waals surface area (Å²) in [5, 5.41) is 3.02. The third-order valence-electron chi connectivity index (χ3n) is 4.34. The van der Waals surface area contributed by atoms with Gasteiger partial charge in [0.05, 0.1) is 11.0 Å². The fourth-order valence-electron chi connectivity index (χ4n) is 3.09. The molecular formula is C21H25N3O. The Morgan fingerprint density at radius 3 is 2.60 bits per heavy atom. The van der Waals surface area contributed by atoms with Crippen molar-refractivity contribution >= 4 is 16.9 Å². The number of fused-ring (bicyclic) bond motifs is 1. The molecule has 4 heteroatoms. The minimum absolute atomic E-state index is 0.0991. The van der Waals surface area contributed by atoms with Gasteiger partial charge in [-0.15, -0.1) is 0 Å². The number of nitrogens with one attached hydrogen (secondary N) is 1. The van der Waals surface area contributed by atoms with Crippen LogP contribution in [0.1, 0.15) is 31.2 Å². The molecule has 0 fully saturated rings. The van der Waals surface area contributed by atoms with Crippen LogP contribution in [0.2, 0.25) is 0 Å². The molecule has 3 aromatic rings. The van der Waals surface area contributed by atoms with Crippen LogP contribution in [-0.2, 0) is 24.2 Å². The Hall–Kier alpha value is -2.62. The highest BCUT2D eigenvalue weighted by Crippen LogP contribution is 2.16. The predicted molar refractivity (Wildman–Crippen MR) is 102 cm³/mol. The summed E-state index contributed by atoms with van der Waals surface area (Å²) in [4.78, 5) is 16.8. The van der Waals surface area contributed by atoms with Crippen molar-refractivity contribution in [1.82, 2.24) is 14.9 Å². The molecule has 0 saturated carbocycles. The topological polar surface area (TPSA) is 46.9 Å². The van der Waals surface area contributed by atoms with E-state index in [1.807, 2.05) is 36.4 Å². The van der Waals surface area contributed by atoms with Crippen molar-refractivity contribution in [2.75, 3.05) is 6.54 Å². The highest BCUT2D eigenvalue weighted by molar-refractivity contribution is 5.77. The molecule has 1 amide bonds. The Bertz CT molecular complexity index is 824. The zero-order valence-electron chi connectivity index (χ0n) is 14.7. The molecule has 0 saturated heterocycles. The van der Waals surface area contributed by atoms with E-state index < -0.39 is 0 Å². The highest BCUT2D eigenvalue weighted by Gasteiger charge is 2.10. The lowest BCUT2D eigenvalue weighted by Gasteiger charge is -2.09. The number of imidazole rings is 1. The summed E-state index contributed by atoms with van der Waals surface area (Å²) in [5.41, 5.74) is 3.40. The summed E-state index contributed by atoms with van der Waals surface area (Å²) in [6.07, 6.45) is 3.12. The van der Waals surface area contributed by atoms with Crippen molar-refractivity contribution < 1.29 is 4.79 Å². The summed E-state index contributed by atoms with van der Waals surface area (Å²) >= 11 is 0. The Kier molecular flexibility index (Phi) is 5.83. The monoisotopic (exact) mass is 335 g/mol. The normalized spacial score (nSPS) is 10.9. The maximum Gasteiger partial charge on any atom is 0.220 e. The largest absolute Gasteiger partial charge is 0.356 e. The van der Waals surface area contributed by atoms with Crippen molar-refractivity contribution in [3.63, 3.8) is 0 Å². The van der Waals surface area contributed by atoms with Crippen molar-refractivity contribution in [1.29, 1.82) is 0 Å². The van der Waals surface area contributed by atoms with Gasteiger partial charge >= 0.3 is 0 Å². The van der Waals surface area contributed by atoms with Gasteiger partial charge in [0.1, 0.15) is 5.82 Å². The molecule has 1 heterocycles. The SMILES string of the molecule is CCCn1c(CCNC(=O)CCc2ccccc2)nc2ccccc21. The van der Waals surface area contributed by atoms with E-state index in [4.69, 9.17) is 4.98 Å². The Morgan fingerprint density at radius 2 is 1.80 bits per heavy atom. The second-order valence-corrected chi connectivity index (χ2v) is 6.25. The maximum atomic E-state index is 12.1. The first kappa shape index (κ1) is 17.2. The number of nitrogens with zero attached hydrogens (tertiary/aromatic N) is 2. The molecule has 0 unspecified atom stereocenters. The van der Waals surface area contributed by atoms with Crippen LogP contribution in [0, 0.1) is 0 Å². The van der Waals surface area contributed by atoms with E-state index in [2.05, 4.69) is 35.0 Å². The van der Waals surface area contributed by atoms with Gasteiger partial charge in [0.2, 0.25) is 5.91 Å². The molecular weight excluding hydrogens is 310 g/mol. The molecule has 4 nitrogen and oxygen atoms in total. The molecule has 1 N–H and O–H groups in total. The van der Waals surface area contributed by atoms with Crippen LogP contribution in [-0.4, -0.2) is 22.0 Å². The molecule has 3 rings (SSSR count). The van der Waals surface area contributed by atoms with Crippen LogP contribution in [0.5, 0.6) is 0 Å². The van der Waals surface area contributed by atoms with Gasteiger partial charge in [0.25, 0.3) is 0 Å². The number of rotatable bonds is 8. The molecule has 0 radical (unpaired) electrons. The van der Waals surface area contributed by atoms with Crippen LogP contribution in [0.3, 0.4) is 0 Å². The standard InChI is InChI=1S/C21H25N3O/c1-2-16-24-19-11-7-6-10-18(19)23-20(24)14-15-22-21(25)13-12-17-8-4-3-5-9-17/h3-11H,2,12-16H2,1H3,(H,22,25). The number of para-hydroxylation sites is 2. The second-order valence-electron chi connectivity index (χ2n) is 6.25. The summed E-state index contributed by atoms with van der Waals surface area (Å²) in [6, 6.07) is 18.3. The number of hydrogen-bond donors (Lipinski definition) is 1. The molecule has 0 atom stereocenters. The molecule has 0 aliphatic carbocycles. The van der Waals surface area contributed by atoms with Gasteiger partial charge in [-0.05, 0) is 30.5 Å². The van der Waals surface area contributed by atoms with E-state index in [9.17, 15) is 4.79 Å². The first-order chi connectivity index (χ1) is 12.3. The Morgan fingerprint density at radius 1 is 1.04 bits per heavy atom. The van der Waals surface area contributed by atoms with Gasteiger partial charge in [0, 0.05) is 25.9 Å². The molecule has 25 heavy (non-hydrogen) atoms. The van der Waals surface area contributed by atoms with Crippen molar-refractivity contribution in [2.24, 2.45) is 0 Å². The fourth-order valence-corrected chi connectivity index (χ4v) is 3.09. The third-order valence-corrected chi connectivity index (χ3v) is 4.34. The lowest BCUT2D eigenvalue weighted by molar-refractivity contribution is -0.121. The number of aryl methyl sites for hydroxylation is 2. The lowest BCUT2D eigenvalue weighted by atomic mass is 10.1. The van der Waals surface area contributed by atoms with E-state index in [0.717, 1.165) is 37.1 Å². The smallest absolute Gasteiger partial charge is 0.220 e. The molecule has 0 bridgehead atoms. The highest BCUT2D eigenvalue weighted by atomic mass is 16.1. The van der Waals surface area contributed by atoms with Gasteiger partial charge in [-0.25, -0.2) is 4.98 Å². The first-order valence-corrected chi connectivity index (χ1v) is 9.02. The molecule has 0 spiro atoms. The van der Waals surface area contributed by atoms with E-state index in [0.29, 0.717) is 13.0 Å². The van der Waals surface area contributed by atoms with Crippen LogP contribution < -0.4 is 5.32 Å². The molecule has 0 aliphatic rings. The Labute approximate surface area is 148 Å². The van der Waals surface area contributed by atoms with E-state index in [1.54, 1.807) is 0 Å². The van der Waals surface area contributed by atoms with Gasteiger partial charge in [-0.3, -0.25) is 4.79 Å². The lowest BCUT2D eigenvalue weighted by Crippen LogP contribution is -2.26. The van der Waals surface area contributed by atoms with Gasteiger partial charge < -0.3 is 9.88 Å². The van der Waals surface area contributed by atoms with E-state index in [-0.39, 0.29) is 5.91 Å². The second kappa shape index (κ2) is 8.47. The summed E-state index contributed by atoms with van der Waals surface area (Å²) < 4.78 is 2.27. The van der Waals surface area contributed by atoms with Gasteiger partial charge in [-0.2, -0.15) is 0 Å². The van der Waals surface area contributed by atoms with Gasteiger partial charge in [-0.1, -0.05) is 49.4 Å². The number of carbonyl (C=O) groups excluding carboxylic acids is 1. The van der Waals surface area contributed by atoms with E-state index in [1.165, 1.54) is 11.1 Å². The molecule has 2 aromatic carbocycles. The molecule has 130 valence electrons. The van der Waals surface area contributed by atoms with Gasteiger partial charge in [0.15, 0.2) is 0 Å². The average molecular weight is 335 g/mol. The average Bonchev–Trinajstić information content (AvgIpc) is 2.99. The van der Waals surface area contributed by atoms with Crippen molar-refractivity contribution in [3.05, 3.63) is 66.0 Å². The summed E-state index contributed by atoms with van der Waals surface area (Å²) in [7, 11) is 0. The quantitative estimate of drug-likeness (QED) is 0.682. The minimum Gasteiger partial charge on any atom is -0.356 e. The molecule has 1 aromatic heterocycles. The summed E-state index contributed by atoms with van der Waals surface area (Å²) in [5.74, 6) is 1.15. The minimum atomic E-state index is 0.0991. The first-order valence-electron chi connectivity index (χ1n) is 9.02. The number of carbonyl (C=O) groups is 1.